The number of hydrogen-bond acceptors (Lipinski definition) is 4. The molecule has 1 aliphatic heterocycles. The normalized spacial score (nSPS) is 17.7. The van der Waals surface area contributed by atoms with Gasteiger partial charge in [0.15, 0.2) is 0 Å². The van der Waals surface area contributed by atoms with Crippen LogP contribution in [0.5, 0.6) is 0 Å². The van der Waals surface area contributed by atoms with Gasteiger partial charge in [-0.3, -0.25) is 4.68 Å². The first kappa shape index (κ1) is 16.4. The fourth-order valence-corrected chi connectivity index (χ4v) is 2.99. The van der Waals surface area contributed by atoms with Gasteiger partial charge in [-0.1, -0.05) is 38.8 Å². The van der Waals surface area contributed by atoms with E-state index in [0.29, 0.717) is 6.04 Å². The van der Waals surface area contributed by atoms with Crippen molar-refractivity contribution in [2.45, 2.75) is 65.6 Å². The van der Waals surface area contributed by atoms with Crippen molar-refractivity contribution in [2.24, 2.45) is 5.92 Å². The molecule has 2 heterocycles. The Morgan fingerprint density at radius 3 is 2.71 bits per heavy atom. The molecular weight excluding hydrogens is 262 g/mol. The zero-order valence-corrected chi connectivity index (χ0v) is 13.9. The van der Waals surface area contributed by atoms with Crippen LogP contribution in [-0.4, -0.2) is 45.6 Å². The molecule has 2 rings (SSSR count). The molecule has 0 amide bonds. The minimum Gasteiger partial charge on any atom is -0.309 e. The Hall–Kier alpha value is -0.940. The average Bonchev–Trinajstić information content (AvgIpc) is 2.93. The average molecular weight is 293 g/mol. The van der Waals surface area contributed by atoms with Crippen molar-refractivity contribution >= 4 is 0 Å². The van der Waals surface area contributed by atoms with E-state index >= 15 is 0 Å². The predicted octanol–water partition coefficient (Wildman–Crippen LogP) is 2.29. The van der Waals surface area contributed by atoms with Crippen molar-refractivity contribution in [2.75, 3.05) is 19.6 Å². The lowest BCUT2D eigenvalue weighted by Crippen LogP contribution is -2.35. The molecule has 1 fully saturated rings. The van der Waals surface area contributed by atoms with Crippen LogP contribution in [0, 0.1) is 5.92 Å². The third-order valence-electron chi connectivity index (χ3n) is 4.33. The van der Waals surface area contributed by atoms with Crippen LogP contribution in [-0.2, 0) is 13.1 Å². The molecule has 1 N–H and O–H groups in total. The van der Waals surface area contributed by atoms with Crippen molar-refractivity contribution in [1.82, 2.24) is 25.2 Å². The predicted molar refractivity (Wildman–Crippen MR) is 86.1 cm³/mol. The third-order valence-corrected chi connectivity index (χ3v) is 4.33. The Morgan fingerprint density at radius 2 is 2.05 bits per heavy atom. The third kappa shape index (κ3) is 5.75. The first-order valence-electron chi connectivity index (χ1n) is 8.52. The highest BCUT2D eigenvalue weighted by Gasteiger charge is 2.18. The van der Waals surface area contributed by atoms with Crippen LogP contribution in [0.2, 0.25) is 0 Å². The van der Waals surface area contributed by atoms with E-state index in [9.17, 15) is 0 Å². The van der Waals surface area contributed by atoms with E-state index in [1.165, 1.54) is 38.8 Å². The van der Waals surface area contributed by atoms with E-state index in [0.717, 1.165) is 31.2 Å². The molecule has 0 radical (unpaired) electrons. The van der Waals surface area contributed by atoms with Gasteiger partial charge in [0.2, 0.25) is 0 Å². The Morgan fingerprint density at radius 1 is 1.29 bits per heavy atom. The highest BCUT2D eigenvalue weighted by atomic mass is 15.4. The van der Waals surface area contributed by atoms with E-state index in [2.05, 4.69) is 47.5 Å². The van der Waals surface area contributed by atoms with Crippen molar-refractivity contribution in [3.8, 4) is 0 Å². The molecule has 0 spiro atoms. The van der Waals surface area contributed by atoms with Crippen molar-refractivity contribution in [1.29, 1.82) is 0 Å². The highest BCUT2D eigenvalue weighted by molar-refractivity contribution is 4.91. The molecule has 0 unspecified atom stereocenters. The Balaban J connectivity index is 1.67. The minimum atomic E-state index is 0.486. The standard InChI is InChI=1S/C16H31N5/c1-4-5-15-6-8-20(9-7-15)10-11-21-13-16(18-19-21)12-17-14(2)3/h13-15,17H,4-12H2,1-3H3. The van der Waals surface area contributed by atoms with Gasteiger partial charge in [-0.2, -0.15) is 0 Å². The van der Waals surface area contributed by atoms with Crippen LogP contribution in [0.1, 0.15) is 52.1 Å². The SMILES string of the molecule is CCCC1CCN(CCn2cc(CNC(C)C)nn2)CC1. The first-order valence-corrected chi connectivity index (χ1v) is 8.52. The number of nitrogens with zero attached hydrogens (tertiary/aromatic N) is 4. The minimum absolute atomic E-state index is 0.486. The maximum atomic E-state index is 4.22. The fraction of sp³-hybridized carbons (Fsp3) is 0.875. The molecule has 1 aromatic rings. The summed E-state index contributed by atoms with van der Waals surface area (Å²) in [5.74, 6) is 0.964. The molecule has 1 aliphatic rings. The second-order valence-electron chi connectivity index (χ2n) is 6.58. The molecule has 0 saturated carbocycles. The quantitative estimate of drug-likeness (QED) is 0.799. The van der Waals surface area contributed by atoms with Crippen LogP contribution in [0.15, 0.2) is 6.20 Å². The summed E-state index contributed by atoms with van der Waals surface area (Å²) in [6, 6.07) is 0.486. The zero-order chi connectivity index (χ0) is 15.1. The smallest absolute Gasteiger partial charge is 0.0964 e. The van der Waals surface area contributed by atoms with Gasteiger partial charge in [0.05, 0.1) is 12.2 Å². The lowest BCUT2D eigenvalue weighted by atomic mass is 9.92. The molecule has 0 aliphatic carbocycles. The summed E-state index contributed by atoms with van der Waals surface area (Å²) in [6.45, 7) is 11.9. The molecule has 1 saturated heterocycles. The Kier molecular flexibility index (Phi) is 6.64. The Bertz CT molecular complexity index is 393. The second-order valence-corrected chi connectivity index (χ2v) is 6.58. The van der Waals surface area contributed by atoms with Gasteiger partial charge in [0.25, 0.3) is 0 Å². The van der Waals surface area contributed by atoms with Crippen LogP contribution in [0.4, 0.5) is 0 Å². The summed E-state index contributed by atoms with van der Waals surface area (Å²) in [5.41, 5.74) is 1.03. The molecule has 0 atom stereocenters. The number of aromatic nitrogens is 3. The molecule has 21 heavy (non-hydrogen) atoms. The van der Waals surface area contributed by atoms with Crippen LogP contribution in [0.25, 0.3) is 0 Å². The topological polar surface area (TPSA) is 46.0 Å². The van der Waals surface area contributed by atoms with Gasteiger partial charge in [-0.15, -0.1) is 5.10 Å². The monoisotopic (exact) mass is 293 g/mol. The van der Waals surface area contributed by atoms with Gasteiger partial charge in [-0.05, 0) is 31.8 Å². The zero-order valence-electron chi connectivity index (χ0n) is 13.9. The number of likely N-dealkylation sites (tertiary alicyclic amines) is 1. The van der Waals surface area contributed by atoms with Gasteiger partial charge in [0, 0.05) is 25.3 Å². The summed E-state index contributed by atoms with van der Waals surface area (Å²) >= 11 is 0. The van der Waals surface area contributed by atoms with E-state index < -0.39 is 0 Å². The summed E-state index contributed by atoms with van der Waals surface area (Å²) in [5, 5.41) is 11.8. The van der Waals surface area contributed by atoms with Gasteiger partial charge in [0.1, 0.15) is 0 Å². The summed E-state index contributed by atoms with van der Waals surface area (Å²) in [7, 11) is 0. The van der Waals surface area contributed by atoms with Crippen molar-refractivity contribution in [3.63, 3.8) is 0 Å². The van der Waals surface area contributed by atoms with Crippen molar-refractivity contribution in [3.05, 3.63) is 11.9 Å². The number of piperidine rings is 1. The van der Waals surface area contributed by atoms with Crippen LogP contribution in [0.3, 0.4) is 0 Å². The largest absolute Gasteiger partial charge is 0.309 e. The Labute approximate surface area is 129 Å². The molecular formula is C16H31N5. The molecule has 0 aromatic carbocycles. The van der Waals surface area contributed by atoms with E-state index in [1.54, 1.807) is 0 Å². The number of rotatable bonds is 8. The van der Waals surface area contributed by atoms with Gasteiger partial charge >= 0.3 is 0 Å². The summed E-state index contributed by atoms with van der Waals surface area (Å²) in [4.78, 5) is 2.57. The lowest BCUT2D eigenvalue weighted by molar-refractivity contribution is 0.171. The summed E-state index contributed by atoms with van der Waals surface area (Å²) in [6.07, 6.45) is 7.54. The molecule has 120 valence electrons. The first-order chi connectivity index (χ1) is 10.2. The lowest BCUT2D eigenvalue weighted by Gasteiger charge is -2.31. The molecule has 1 aromatic heterocycles. The van der Waals surface area contributed by atoms with Gasteiger partial charge in [-0.25, -0.2) is 0 Å². The molecule has 5 heteroatoms. The van der Waals surface area contributed by atoms with Gasteiger partial charge < -0.3 is 10.2 Å². The summed E-state index contributed by atoms with van der Waals surface area (Å²) < 4.78 is 1.98. The number of nitrogens with one attached hydrogen (secondary N) is 1. The van der Waals surface area contributed by atoms with E-state index in [1.807, 2.05) is 4.68 Å². The highest BCUT2D eigenvalue weighted by Crippen LogP contribution is 2.21. The van der Waals surface area contributed by atoms with Crippen molar-refractivity contribution < 1.29 is 0 Å². The molecule has 5 nitrogen and oxygen atoms in total. The van der Waals surface area contributed by atoms with E-state index in [-0.39, 0.29) is 0 Å². The maximum Gasteiger partial charge on any atom is 0.0964 e. The van der Waals surface area contributed by atoms with Crippen LogP contribution < -0.4 is 5.32 Å². The van der Waals surface area contributed by atoms with E-state index in [4.69, 9.17) is 0 Å². The number of hydrogen-bond donors (Lipinski definition) is 1. The molecule has 0 bridgehead atoms. The van der Waals surface area contributed by atoms with Crippen LogP contribution >= 0.6 is 0 Å². The fourth-order valence-electron chi connectivity index (χ4n) is 2.99. The maximum absolute atomic E-state index is 4.22. The second kappa shape index (κ2) is 8.49.